The van der Waals surface area contributed by atoms with Gasteiger partial charge < -0.3 is 11.1 Å². The van der Waals surface area contributed by atoms with E-state index in [0.717, 1.165) is 25.8 Å². The van der Waals surface area contributed by atoms with Gasteiger partial charge >= 0.3 is 0 Å². The number of primary amides is 1. The molecule has 3 N–H and O–H groups in total. The number of carbonyl (C=O) groups is 1. The van der Waals surface area contributed by atoms with E-state index in [1.54, 1.807) is 0 Å². The Balaban J connectivity index is 2.80. The lowest BCUT2D eigenvalue weighted by atomic mass is 9.69. The van der Waals surface area contributed by atoms with E-state index in [4.69, 9.17) is 5.73 Å². The Morgan fingerprint density at radius 1 is 1.47 bits per heavy atom. The van der Waals surface area contributed by atoms with Crippen LogP contribution in [0.1, 0.15) is 46.5 Å². The standard InChI is InChI=1S/C12H24N2O/c1-4-7-14-12(11(13)15)8-9(2)5-6-10(12)3/h9-10,14H,4-8H2,1-3H3,(H2,13,15). The van der Waals surface area contributed by atoms with Crippen molar-refractivity contribution < 1.29 is 4.79 Å². The normalized spacial score (nSPS) is 36.5. The van der Waals surface area contributed by atoms with Gasteiger partial charge in [-0.15, -0.1) is 0 Å². The summed E-state index contributed by atoms with van der Waals surface area (Å²) in [4.78, 5) is 11.7. The van der Waals surface area contributed by atoms with E-state index in [1.807, 2.05) is 0 Å². The van der Waals surface area contributed by atoms with Crippen LogP contribution in [0, 0.1) is 11.8 Å². The Labute approximate surface area is 92.8 Å². The fourth-order valence-electron chi connectivity index (χ4n) is 2.66. The maximum Gasteiger partial charge on any atom is 0.238 e. The molecule has 1 saturated carbocycles. The molecule has 0 aromatic heterocycles. The molecule has 3 atom stereocenters. The van der Waals surface area contributed by atoms with Gasteiger partial charge in [-0.3, -0.25) is 4.79 Å². The van der Waals surface area contributed by atoms with E-state index < -0.39 is 5.54 Å². The summed E-state index contributed by atoms with van der Waals surface area (Å²) in [6, 6.07) is 0. The molecule has 3 nitrogen and oxygen atoms in total. The molecule has 0 spiro atoms. The van der Waals surface area contributed by atoms with Crippen molar-refractivity contribution in [3.8, 4) is 0 Å². The molecular weight excluding hydrogens is 188 g/mol. The summed E-state index contributed by atoms with van der Waals surface area (Å²) in [5.41, 5.74) is 5.14. The van der Waals surface area contributed by atoms with Gasteiger partial charge in [0.2, 0.25) is 5.91 Å². The zero-order valence-electron chi connectivity index (χ0n) is 10.2. The number of carbonyl (C=O) groups excluding carboxylic acids is 1. The number of hydrogen-bond donors (Lipinski definition) is 2. The molecule has 0 radical (unpaired) electrons. The smallest absolute Gasteiger partial charge is 0.238 e. The van der Waals surface area contributed by atoms with Crippen molar-refractivity contribution in [2.75, 3.05) is 6.54 Å². The van der Waals surface area contributed by atoms with Gasteiger partial charge in [0.05, 0.1) is 0 Å². The third-order valence-corrected chi connectivity index (χ3v) is 3.73. The molecule has 0 aromatic carbocycles. The Hall–Kier alpha value is -0.570. The van der Waals surface area contributed by atoms with Crippen molar-refractivity contribution in [1.82, 2.24) is 5.32 Å². The van der Waals surface area contributed by atoms with Crippen LogP contribution in [0.5, 0.6) is 0 Å². The molecule has 3 heteroatoms. The Morgan fingerprint density at radius 3 is 2.67 bits per heavy atom. The highest BCUT2D eigenvalue weighted by Crippen LogP contribution is 2.36. The van der Waals surface area contributed by atoms with Gasteiger partial charge in [0.15, 0.2) is 0 Å². The Bertz CT molecular complexity index is 230. The summed E-state index contributed by atoms with van der Waals surface area (Å²) in [6.07, 6.45) is 4.24. The first-order valence-corrected chi connectivity index (χ1v) is 6.08. The highest BCUT2D eigenvalue weighted by Gasteiger charge is 2.44. The quantitative estimate of drug-likeness (QED) is 0.744. The largest absolute Gasteiger partial charge is 0.368 e. The molecular formula is C12H24N2O. The second-order valence-corrected chi connectivity index (χ2v) is 5.05. The van der Waals surface area contributed by atoms with Crippen LogP contribution in [-0.4, -0.2) is 18.0 Å². The van der Waals surface area contributed by atoms with Crippen LogP contribution in [0.2, 0.25) is 0 Å². The molecule has 1 amide bonds. The third kappa shape index (κ3) is 2.51. The van der Waals surface area contributed by atoms with E-state index in [0.29, 0.717) is 11.8 Å². The Kier molecular flexibility index (Phi) is 4.14. The van der Waals surface area contributed by atoms with Gasteiger partial charge in [-0.1, -0.05) is 27.2 Å². The molecule has 0 saturated heterocycles. The monoisotopic (exact) mass is 212 g/mol. The van der Waals surface area contributed by atoms with Crippen LogP contribution in [0.3, 0.4) is 0 Å². The molecule has 88 valence electrons. The first-order valence-electron chi connectivity index (χ1n) is 6.08. The zero-order chi connectivity index (χ0) is 11.5. The van der Waals surface area contributed by atoms with E-state index >= 15 is 0 Å². The maximum atomic E-state index is 11.7. The molecule has 0 heterocycles. The average molecular weight is 212 g/mol. The van der Waals surface area contributed by atoms with Crippen LogP contribution in [-0.2, 0) is 4.79 Å². The van der Waals surface area contributed by atoms with Gasteiger partial charge in [-0.05, 0) is 37.6 Å². The van der Waals surface area contributed by atoms with E-state index in [2.05, 4.69) is 26.1 Å². The van der Waals surface area contributed by atoms with E-state index in [-0.39, 0.29) is 5.91 Å². The summed E-state index contributed by atoms with van der Waals surface area (Å²) in [7, 11) is 0. The van der Waals surface area contributed by atoms with Crippen LogP contribution in [0.4, 0.5) is 0 Å². The summed E-state index contributed by atoms with van der Waals surface area (Å²) in [5.74, 6) is 0.783. The number of nitrogens with two attached hydrogens (primary N) is 1. The lowest BCUT2D eigenvalue weighted by Gasteiger charge is -2.43. The van der Waals surface area contributed by atoms with Gasteiger partial charge in [0.25, 0.3) is 0 Å². The summed E-state index contributed by atoms with van der Waals surface area (Å²) in [5, 5.41) is 3.39. The SMILES string of the molecule is CCCNC1(C(N)=O)CC(C)CCC1C. The molecule has 0 aliphatic heterocycles. The maximum absolute atomic E-state index is 11.7. The minimum atomic E-state index is -0.451. The average Bonchev–Trinajstić information content (AvgIpc) is 2.19. The van der Waals surface area contributed by atoms with Gasteiger partial charge in [0, 0.05) is 0 Å². The van der Waals surface area contributed by atoms with Crippen LogP contribution in [0.15, 0.2) is 0 Å². The van der Waals surface area contributed by atoms with E-state index in [9.17, 15) is 4.79 Å². The molecule has 0 bridgehead atoms. The first kappa shape index (κ1) is 12.5. The number of amides is 1. The number of hydrogen-bond acceptors (Lipinski definition) is 2. The molecule has 15 heavy (non-hydrogen) atoms. The van der Waals surface area contributed by atoms with Crippen LogP contribution >= 0.6 is 0 Å². The molecule has 1 aliphatic carbocycles. The second-order valence-electron chi connectivity index (χ2n) is 5.05. The lowest BCUT2D eigenvalue weighted by Crippen LogP contribution is -2.62. The van der Waals surface area contributed by atoms with Crippen LogP contribution in [0.25, 0.3) is 0 Å². The zero-order valence-corrected chi connectivity index (χ0v) is 10.2. The fourth-order valence-corrected chi connectivity index (χ4v) is 2.66. The minimum Gasteiger partial charge on any atom is -0.368 e. The van der Waals surface area contributed by atoms with Gasteiger partial charge in [-0.25, -0.2) is 0 Å². The highest BCUT2D eigenvalue weighted by molar-refractivity contribution is 5.85. The van der Waals surface area contributed by atoms with Gasteiger partial charge in [0.1, 0.15) is 5.54 Å². The lowest BCUT2D eigenvalue weighted by molar-refractivity contribution is -0.128. The molecule has 0 aromatic rings. The molecule has 3 unspecified atom stereocenters. The van der Waals surface area contributed by atoms with E-state index in [1.165, 1.54) is 6.42 Å². The summed E-state index contributed by atoms with van der Waals surface area (Å²) in [6.45, 7) is 7.33. The predicted octanol–water partition coefficient (Wildman–Crippen LogP) is 1.67. The highest BCUT2D eigenvalue weighted by atomic mass is 16.1. The number of nitrogens with one attached hydrogen (secondary N) is 1. The Morgan fingerprint density at radius 2 is 2.13 bits per heavy atom. The molecule has 1 rings (SSSR count). The first-order chi connectivity index (χ1) is 7.03. The fraction of sp³-hybridized carbons (Fsp3) is 0.917. The van der Waals surface area contributed by atoms with Crippen LogP contribution < -0.4 is 11.1 Å². The minimum absolute atomic E-state index is 0.171. The van der Waals surface area contributed by atoms with Gasteiger partial charge in [-0.2, -0.15) is 0 Å². The molecule has 1 fully saturated rings. The summed E-state index contributed by atoms with van der Waals surface area (Å²) < 4.78 is 0. The van der Waals surface area contributed by atoms with Crippen molar-refractivity contribution in [2.45, 2.75) is 52.0 Å². The summed E-state index contributed by atoms with van der Waals surface area (Å²) >= 11 is 0. The number of rotatable bonds is 4. The molecule has 1 aliphatic rings. The topological polar surface area (TPSA) is 55.1 Å². The van der Waals surface area contributed by atoms with Crippen molar-refractivity contribution >= 4 is 5.91 Å². The van der Waals surface area contributed by atoms with Crippen molar-refractivity contribution in [3.63, 3.8) is 0 Å². The van der Waals surface area contributed by atoms with Crippen molar-refractivity contribution in [3.05, 3.63) is 0 Å². The third-order valence-electron chi connectivity index (χ3n) is 3.73. The van der Waals surface area contributed by atoms with Crippen molar-refractivity contribution in [2.24, 2.45) is 17.6 Å². The second kappa shape index (κ2) is 4.97. The van der Waals surface area contributed by atoms with Crippen molar-refractivity contribution in [1.29, 1.82) is 0 Å². The predicted molar refractivity (Wildman–Crippen MR) is 62.4 cm³/mol.